The molecule has 0 spiro atoms. The van der Waals surface area contributed by atoms with Crippen LogP contribution in [-0.4, -0.2) is 23.8 Å². The second-order valence-electron chi connectivity index (χ2n) is 5.36. The average molecular weight is 336 g/mol. The summed E-state index contributed by atoms with van der Waals surface area (Å²) in [6.45, 7) is 2.90. The van der Waals surface area contributed by atoms with Crippen LogP contribution in [0.5, 0.6) is 0 Å². The van der Waals surface area contributed by atoms with E-state index in [0.717, 1.165) is 0 Å². The highest BCUT2D eigenvalue weighted by Crippen LogP contribution is 2.12. The van der Waals surface area contributed by atoms with Gasteiger partial charge < -0.3 is 10.1 Å². The quantitative estimate of drug-likeness (QED) is 0.669. The molecule has 1 amide bonds. The first-order valence-electron chi connectivity index (χ1n) is 7.53. The lowest BCUT2D eigenvalue weighted by Gasteiger charge is -2.13. The molecule has 126 valence electrons. The molecule has 2 aromatic carbocycles. The molecule has 2 aromatic rings. The number of hydrogen-bond donors (Lipinski definition) is 1. The molecule has 1 atom stereocenters. The minimum atomic E-state index is -1.02. The molecular weight excluding hydrogens is 320 g/mol. The molecule has 25 heavy (non-hydrogen) atoms. The number of amides is 1. The predicted molar refractivity (Wildman–Crippen MR) is 91.1 cm³/mol. The molecule has 1 N–H and O–H groups in total. The molecular formula is C19H16N2O4. The van der Waals surface area contributed by atoms with E-state index in [1.54, 1.807) is 36.4 Å². The van der Waals surface area contributed by atoms with Gasteiger partial charge in [-0.05, 0) is 56.3 Å². The lowest BCUT2D eigenvalue weighted by atomic mass is 10.1. The molecule has 0 saturated carbocycles. The summed E-state index contributed by atoms with van der Waals surface area (Å²) in [5, 5.41) is 11.5. The van der Waals surface area contributed by atoms with Crippen LogP contribution in [0.4, 0.5) is 5.69 Å². The molecule has 0 aliphatic rings. The van der Waals surface area contributed by atoms with E-state index in [2.05, 4.69) is 5.32 Å². The van der Waals surface area contributed by atoms with Crippen molar-refractivity contribution in [3.63, 3.8) is 0 Å². The van der Waals surface area contributed by atoms with Crippen molar-refractivity contribution in [3.05, 3.63) is 65.2 Å². The van der Waals surface area contributed by atoms with Crippen molar-refractivity contribution >= 4 is 23.3 Å². The van der Waals surface area contributed by atoms with Gasteiger partial charge in [0.25, 0.3) is 5.91 Å². The second kappa shape index (κ2) is 7.88. The maximum absolute atomic E-state index is 12.1. The van der Waals surface area contributed by atoms with E-state index in [1.165, 1.54) is 26.0 Å². The summed E-state index contributed by atoms with van der Waals surface area (Å²) >= 11 is 0. The zero-order valence-electron chi connectivity index (χ0n) is 13.8. The summed E-state index contributed by atoms with van der Waals surface area (Å²) in [6.07, 6.45) is -1.02. The number of carbonyl (C=O) groups is 3. The Bertz CT molecular complexity index is 850. The van der Waals surface area contributed by atoms with Crippen molar-refractivity contribution in [1.29, 1.82) is 5.26 Å². The van der Waals surface area contributed by atoms with Gasteiger partial charge in [-0.25, -0.2) is 4.79 Å². The number of Topliss-reactive ketones (excluding diaryl/α,β-unsaturated/α-hetero) is 1. The van der Waals surface area contributed by atoms with Crippen molar-refractivity contribution in [2.45, 2.75) is 20.0 Å². The monoisotopic (exact) mass is 336 g/mol. The fraction of sp³-hybridized carbons (Fsp3) is 0.158. The van der Waals surface area contributed by atoms with Gasteiger partial charge >= 0.3 is 5.97 Å². The highest BCUT2D eigenvalue weighted by atomic mass is 16.5. The Balaban J connectivity index is 1.98. The summed E-state index contributed by atoms with van der Waals surface area (Å²) in [7, 11) is 0. The van der Waals surface area contributed by atoms with Gasteiger partial charge in [-0.2, -0.15) is 5.26 Å². The summed E-state index contributed by atoms with van der Waals surface area (Å²) in [4.78, 5) is 35.4. The Morgan fingerprint density at radius 2 is 1.76 bits per heavy atom. The van der Waals surface area contributed by atoms with Crippen LogP contribution in [0.3, 0.4) is 0 Å². The first-order valence-corrected chi connectivity index (χ1v) is 7.53. The van der Waals surface area contributed by atoms with E-state index in [4.69, 9.17) is 10.00 Å². The smallest absolute Gasteiger partial charge is 0.338 e. The summed E-state index contributed by atoms with van der Waals surface area (Å²) < 4.78 is 5.12. The molecule has 0 aliphatic heterocycles. The third-order valence-electron chi connectivity index (χ3n) is 3.44. The van der Waals surface area contributed by atoms with Gasteiger partial charge in [0.05, 0.1) is 17.2 Å². The number of anilines is 1. The van der Waals surface area contributed by atoms with Crippen LogP contribution < -0.4 is 5.32 Å². The van der Waals surface area contributed by atoms with Gasteiger partial charge in [0.1, 0.15) is 0 Å². The van der Waals surface area contributed by atoms with E-state index >= 15 is 0 Å². The number of benzene rings is 2. The molecule has 0 bridgehead atoms. The lowest BCUT2D eigenvalue weighted by molar-refractivity contribution is -0.123. The fourth-order valence-electron chi connectivity index (χ4n) is 2.03. The maximum atomic E-state index is 12.1. The maximum Gasteiger partial charge on any atom is 0.338 e. The molecule has 0 fully saturated rings. The minimum absolute atomic E-state index is 0.0697. The molecule has 6 heteroatoms. The molecule has 0 aromatic heterocycles. The van der Waals surface area contributed by atoms with Crippen molar-refractivity contribution in [1.82, 2.24) is 0 Å². The Hall–Kier alpha value is -3.46. The van der Waals surface area contributed by atoms with Crippen LogP contribution >= 0.6 is 0 Å². The molecule has 0 heterocycles. The lowest BCUT2D eigenvalue weighted by Crippen LogP contribution is -2.30. The summed E-state index contributed by atoms with van der Waals surface area (Å²) in [6, 6.07) is 14.4. The largest absolute Gasteiger partial charge is 0.449 e. The number of rotatable bonds is 5. The number of hydrogen-bond acceptors (Lipinski definition) is 5. The van der Waals surface area contributed by atoms with E-state index < -0.39 is 18.0 Å². The van der Waals surface area contributed by atoms with Crippen LogP contribution in [0.25, 0.3) is 0 Å². The zero-order valence-corrected chi connectivity index (χ0v) is 13.8. The van der Waals surface area contributed by atoms with Gasteiger partial charge in [0.2, 0.25) is 0 Å². The average Bonchev–Trinajstić information content (AvgIpc) is 2.62. The topological polar surface area (TPSA) is 96.3 Å². The Kier molecular flexibility index (Phi) is 5.64. The number of nitriles is 1. The zero-order chi connectivity index (χ0) is 18.4. The minimum Gasteiger partial charge on any atom is -0.449 e. The number of ether oxygens (including phenoxy) is 1. The van der Waals surface area contributed by atoms with Gasteiger partial charge in [-0.3, -0.25) is 9.59 Å². The summed E-state index contributed by atoms with van der Waals surface area (Å²) in [5.41, 5.74) is 1.56. The van der Waals surface area contributed by atoms with E-state index in [-0.39, 0.29) is 11.3 Å². The molecule has 0 aliphatic carbocycles. The van der Waals surface area contributed by atoms with Crippen molar-refractivity contribution in [3.8, 4) is 6.07 Å². The van der Waals surface area contributed by atoms with Crippen molar-refractivity contribution < 1.29 is 19.1 Å². The number of carbonyl (C=O) groups excluding carboxylic acids is 3. The Morgan fingerprint density at radius 1 is 1.08 bits per heavy atom. The Morgan fingerprint density at radius 3 is 2.36 bits per heavy atom. The predicted octanol–water partition coefficient (Wildman–Crippen LogP) is 2.94. The van der Waals surface area contributed by atoms with E-state index in [0.29, 0.717) is 16.8 Å². The SMILES string of the molecule is CC(=O)c1ccc(NC(=O)[C@H](C)OC(=O)c2cccc(C#N)c2)cc1. The van der Waals surface area contributed by atoms with Crippen LogP contribution in [0.2, 0.25) is 0 Å². The number of nitrogens with zero attached hydrogens (tertiary/aromatic N) is 1. The van der Waals surface area contributed by atoms with Crippen molar-refractivity contribution in [2.24, 2.45) is 0 Å². The van der Waals surface area contributed by atoms with Gasteiger partial charge in [0.15, 0.2) is 11.9 Å². The van der Waals surface area contributed by atoms with Crippen LogP contribution in [0.1, 0.15) is 40.1 Å². The summed E-state index contributed by atoms with van der Waals surface area (Å²) in [5.74, 6) is -1.26. The van der Waals surface area contributed by atoms with Gasteiger partial charge in [-0.1, -0.05) is 6.07 Å². The van der Waals surface area contributed by atoms with Gasteiger partial charge in [0, 0.05) is 11.3 Å². The molecule has 6 nitrogen and oxygen atoms in total. The second-order valence-corrected chi connectivity index (χ2v) is 5.36. The van der Waals surface area contributed by atoms with Gasteiger partial charge in [-0.15, -0.1) is 0 Å². The molecule has 2 rings (SSSR count). The number of nitrogens with one attached hydrogen (secondary N) is 1. The number of esters is 1. The highest BCUT2D eigenvalue weighted by Gasteiger charge is 2.19. The van der Waals surface area contributed by atoms with Crippen molar-refractivity contribution in [2.75, 3.05) is 5.32 Å². The van der Waals surface area contributed by atoms with Crippen LogP contribution in [0.15, 0.2) is 48.5 Å². The number of ketones is 1. The third kappa shape index (κ3) is 4.75. The molecule has 0 radical (unpaired) electrons. The van der Waals surface area contributed by atoms with E-state index in [1.807, 2.05) is 6.07 Å². The van der Waals surface area contributed by atoms with E-state index in [9.17, 15) is 14.4 Å². The standard InChI is InChI=1S/C19H16N2O4/c1-12(22)15-6-8-17(9-7-15)21-18(23)13(2)25-19(24)16-5-3-4-14(10-16)11-20/h3-10,13H,1-2H3,(H,21,23)/t13-/m0/s1. The van der Waals surface area contributed by atoms with Crippen LogP contribution in [0, 0.1) is 11.3 Å². The normalized spacial score (nSPS) is 11.1. The molecule has 0 saturated heterocycles. The van der Waals surface area contributed by atoms with Crippen LogP contribution in [-0.2, 0) is 9.53 Å². The fourth-order valence-corrected chi connectivity index (χ4v) is 2.03. The highest BCUT2D eigenvalue weighted by molar-refractivity contribution is 5.98. The first-order chi connectivity index (χ1) is 11.9. The third-order valence-corrected chi connectivity index (χ3v) is 3.44. The Labute approximate surface area is 145 Å². The molecule has 0 unspecified atom stereocenters. The first kappa shape index (κ1) is 17.9.